The second kappa shape index (κ2) is 7.08. The van der Waals surface area contributed by atoms with Gasteiger partial charge >= 0.3 is 0 Å². The van der Waals surface area contributed by atoms with E-state index in [0.29, 0.717) is 0 Å². The van der Waals surface area contributed by atoms with Crippen LogP contribution < -0.4 is 0 Å². The molecule has 0 aliphatic carbocycles. The van der Waals surface area contributed by atoms with Crippen LogP contribution in [0.1, 0.15) is 59.3 Å². The first-order chi connectivity index (χ1) is 9.22. The fourth-order valence-electron chi connectivity index (χ4n) is 4.28. The van der Waals surface area contributed by atoms with Crippen LogP contribution in [0.15, 0.2) is 0 Å². The summed E-state index contributed by atoms with van der Waals surface area (Å²) in [4.78, 5) is 5.41. The Labute approximate surface area is 120 Å². The van der Waals surface area contributed by atoms with Crippen LogP contribution in [0.2, 0.25) is 0 Å². The molecule has 3 aliphatic rings. The molecule has 2 unspecified atom stereocenters. The van der Waals surface area contributed by atoms with Gasteiger partial charge in [-0.1, -0.05) is 20.8 Å². The third-order valence-electron chi connectivity index (χ3n) is 5.59. The Kier molecular flexibility index (Phi) is 5.70. The quantitative estimate of drug-likeness (QED) is 0.753. The molecule has 0 N–H and O–H groups in total. The summed E-state index contributed by atoms with van der Waals surface area (Å²) < 4.78 is 0. The van der Waals surface area contributed by atoms with E-state index in [1.807, 2.05) is 13.8 Å². The van der Waals surface area contributed by atoms with Crippen molar-refractivity contribution in [2.75, 3.05) is 26.7 Å². The molecule has 3 rings (SSSR count). The Morgan fingerprint density at radius 2 is 1.42 bits per heavy atom. The van der Waals surface area contributed by atoms with Crippen LogP contribution in [-0.4, -0.2) is 48.6 Å². The number of piperidine rings is 2. The van der Waals surface area contributed by atoms with Crippen molar-refractivity contribution in [3.63, 3.8) is 0 Å². The van der Waals surface area contributed by atoms with Gasteiger partial charge in [0.25, 0.3) is 0 Å². The number of hydrogen-bond acceptors (Lipinski definition) is 2. The number of likely N-dealkylation sites (tertiary alicyclic amines) is 1. The van der Waals surface area contributed by atoms with E-state index in [1.165, 1.54) is 58.2 Å². The van der Waals surface area contributed by atoms with Crippen molar-refractivity contribution in [3.8, 4) is 0 Å². The summed E-state index contributed by atoms with van der Waals surface area (Å²) in [7, 11) is 2.35. The monoisotopic (exact) mass is 266 g/mol. The van der Waals surface area contributed by atoms with Gasteiger partial charge in [0.1, 0.15) is 0 Å². The first kappa shape index (κ1) is 15.3. The predicted molar refractivity (Wildman–Crippen MR) is 83.5 cm³/mol. The second-order valence-electron chi connectivity index (χ2n) is 6.87. The summed E-state index contributed by atoms with van der Waals surface area (Å²) in [6.45, 7) is 10.5. The van der Waals surface area contributed by atoms with Crippen molar-refractivity contribution in [2.24, 2.45) is 11.8 Å². The zero-order valence-corrected chi connectivity index (χ0v) is 13.6. The largest absolute Gasteiger partial charge is 0.303 e. The lowest BCUT2D eigenvalue weighted by atomic mass is 9.89. The van der Waals surface area contributed by atoms with E-state index in [-0.39, 0.29) is 0 Å². The lowest BCUT2D eigenvalue weighted by Gasteiger charge is -2.40. The SMILES string of the molecule is CC.CC1CCN(CC2CC3CCC(C2)N3C)CC1. The normalized spacial score (nSPS) is 36.9. The minimum Gasteiger partial charge on any atom is -0.303 e. The van der Waals surface area contributed by atoms with E-state index in [2.05, 4.69) is 23.8 Å². The zero-order valence-electron chi connectivity index (χ0n) is 13.6. The molecule has 3 fully saturated rings. The van der Waals surface area contributed by atoms with E-state index in [9.17, 15) is 0 Å². The maximum absolute atomic E-state index is 2.75. The standard InChI is InChI=1S/C15H28N2.C2H6/c1-12-5-7-17(8-6-12)11-13-9-14-3-4-15(10-13)16(14)2;1-2/h12-15H,3-11H2,1-2H3;1-2H3. The van der Waals surface area contributed by atoms with Gasteiger partial charge in [0.2, 0.25) is 0 Å². The molecule has 3 saturated heterocycles. The fourth-order valence-corrected chi connectivity index (χ4v) is 4.28. The zero-order chi connectivity index (χ0) is 13.8. The van der Waals surface area contributed by atoms with Crippen molar-refractivity contribution in [2.45, 2.75) is 71.4 Å². The summed E-state index contributed by atoms with van der Waals surface area (Å²) in [6.07, 6.45) is 8.74. The average Bonchev–Trinajstić information content (AvgIpc) is 2.66. The second-order valence-corrected chi connectivity index (χ2v) is 6.87. The van der Waals surface area contributed by atoms with Gasteiger partial charge in [0, 0.05) is 18.6 Å². The van der Waals surface area contributed by atoms with E-state index in [0.717, 1.165) is 23.9 Å². The van der Waals surface area contributed by atoms with Crippen molar-refractivity contribution in [3.05, 3.63) is 0 Å². The number of nitrogens with zero attached hydrogens (tertiary/aromatic N) is 2. The number of hydrogen-bond donors (Lipinski definition) is 0. The highest BCUT2D eigenvalue weighted by molar-refractivity contribution is 4.94. The maximum atomic E-state index is 2.75. The molecular formula is C17H34N2. The summed E-state index contributed by atoms with van der Waals surface area (Å²) >= 11 is 0. The van der Waals surface area contributed by atoms with Gasteiger partial charge in [-0.05, 0) is 70.5 Å². The molecular weight excluding hydrogens is 232 g/mol. The van der Waals surface area contributed by atoms with Gasteiger partial charge in [-0.25, -0.2) is 0 Å². The van der Waals surface area contributed by atoms with Crippen LogP contribution >= 0.6 is 0 Å². The van der Waals surface area contributed by atoms with E-state index >= 15 is 0 Å². The Morgan fingerprint density at radius 3 is 1.95 bits per heavy atom. The molecule has 2 bridgehead atoms. The molecule has 3 heterocycles. The van der Waals surface area contributed by atoms with Gasteiger partial charge in [0.15, 0.2) is 0 Å². The Balaban J connectivity index is 0.000000637. The van der Waals surface area contributed by atoms with Gasteiger partial charge in [-0.2, -0.15) is 0 Å². The minimum atomic E-state index is 0.919. The van der Waals surface area contributed by atoms with Crippen molar-refractivity contribution in [1.82, 2.24) is 9.80 Å². The highest BCUT2D eigenvalue weighted by Gasteiger charge is 2.38. The number of fused-ring (bicyclic) bond motifs is 2. The van der Waals surface area contributed by atoms with Crippen LogP contribution in [-0.2, 0) is 0 Å². The van der Waals surface area contributed by atoms with Crippen LogP contribution in [0.5, 0.6) is 0 Å². The third kappa shape index (κ3) is 3.72. The van der Waals surface area contributed by atoms with Crippen molar-refractivity contribution >= 4 is 0 Å². The highest BCUT2D eigenvalue weighted by atomic mass is 15.2. The van der Waals surface area contributed by atoms with Gasteiger partial charge in [-0.3, -0.25) is 0 Å². The molecule has 0 radical (unpaired) electrons. The molecule has 0 amide bonds. The minimum absolute atomic E-state index is 0.919. The Bertz CT molecular complexity index is 244. The van der Waals surface area contributed by atoms with Gasteiger partial charge < -0.3 is 9.80 Å². The molecule has 112 valence electrons. The molecule has 0 saturated carbocycles. The summed E-state index contributed by atoms with van der Waals surface area (Å²) in [5, 5.41) is 0. The predicted octanol–water partition coefficient (Wildman–Crippen LogP) is 3.62. The molecule has 2 atom stereocenters. The average molecular weight is 266 g/mol. The van der Waals surface area contributed by atoms with Gasteiger partial charge in [0.05, 0.1) is 0 Å². The smallest absolute Gasteiger partial charge is 0.00988 e. The molecule has 19 heavy (non-hydrogen) atoms. The molecule has 0 aromatic carbocycles. The van der Waals surface area contributed by atoms with E-state index < -0.39 is 0 Å². The summed E-state index contributed by atoms with van der Waals surface area (Å²) in [5.41, 5.74) is 0. The van der Waals surface area contributed by atoms with Crippen molar-refractivity contribution < 1.29 is 0 Å². The summed E-state index contributed by atoms with van der Waals surface area (Å²) in [6, 6.07) is 1.84. The van der Waals surface area contributed by atoms with Crippen LogP contribution in [0.25, 0.3) is 0 Å². The lowest BCUT2D eigenvalue weighted by Crippen LogP contribution is -2.44. The van der Waals surface area contributed by atoms with Crippen LogP contribution in [0.3, 0.4) is 0 Å². The lowest BCUT2D eigenvalue weighted by molar-refractivity contribution is 0.0919. The molecule has 0 aromatic heterocycles. The molecule has 2 heteroatoms. The molecule has 0 spiro atoms. The Morgan fingerprint density at radius 1 is 0.895 bits per heavy atom. The topological polar surface area (TPSA) is 6.48 Å². The Hall–Kier alpha value is -0.0800. The third-order valence-corrected chi connectivity index (χ3v) is 5.59. The molecule has 3 aliphatic heterocycles. The molecule has 0 aromatic rings. The van der Waals surface area contributed by atoms with Crippen molar-refractivity contribution in [1.29, 1.82) is 0 Å². The van der Waals surface area contributed by atoms with Gasteiger partial charge in [-0.15, -0.1) is 0 Å². The van der Waals surface area contributed by atoms with Crippen LogP contribution in [0.4, 0.5) is 0 Å². The maximum Gasteiger partial charge on any atom is 0.00988 e. The van der Waals surface area contributed by atoms with Crippen LogP contribution in [0, 0.1) is 11.8 Å². The number of rotatable bonds is 2. The fraction of sp³-hybridized carbons (Fsp3) is 1.00. The van der Waals surface area contributed by atoms with E-state index in [1.54, 1.807) is 0 Å². The highest BCUT2D eigenvalue weighted by Crippen LogP contribution is 2.37. The summed E-state index contributed by atoms with van der Waals surface area (Å²) in [5.74, 6) is 1.97. The van der Waals surface area contributed by atoms with E-state index in [4.69, 9.17) is 0 Å². The first-order valence-corrected chi connectivity index (χ1v) is 8.66. The first-order valence-electron chi connectivity index (χ1n) is 8.66. The molecule has 2 nitrogen and oxygen atoms in total.